The van der Waals surface area contributed by atoms with Gasteiger partial charge in [0.2, 0.25) is 12.7 Å². The average molecular weight is 250 g/mol. The molecule has 3 N–H and O–H groups in total. The maximum absolute atomic E-state index is 11.7. The fourth-order valence-electron chi connectivity index (χ4n) is 2.08. The number of hydrogen-bond acceptors (Lipinski definition) is 4. The molecule has 98 valence electrons. The molecule has 1 aromatic carbocycles. The van der Waals surface area contributed by atoms with E-state index in [1.54, 1.807) is 19.1 Å². The van der Waals surface area contributed by atoms with Crippen LogP contribution < -0.4 is 20.5 Å². The van der Waals surface area contributed by atoms with E-state index >= 15 is 0 Å². The van der Waals surface area contributed by atoms with Gasteiger partial charge in [-0.3, -0.25) is 10.1 Å². The minimum Gasteiger partial charge on any atom is -0.454 e. The molecule has 1 aliphatic heterocycles. The number of carbonyl (C=O) groups excluding carboxylic acids is 1. The van der Waals surface area contributed by atoms with Crippen LogP contribution in [0, 0.1) is 0 Å². The van der Waals surface area contributed by atoms with Crippen molar-refractivity contribution in [1.82, 2.24) is 5.32 Å². The maximum Gasteiger partial charge on any atom is 0.242 e. The van der Waals surface area contributed by atoms with Gasteiger partial charge in [0.25, 0.3) is 0 Å². The third-order valence-corrected chi connectivity index (χ3v) is 3.02. The lowest BCUT2D eigenvalue weighted by Crippen LogP contribution is -2.52. The van der Waals surface area contributed by atoms with Crippen molar-refractivity contribution in [3.05, 3.63) is 23.8 Å². The van der Waals surface area contributed by atoms with E-state index in [1.165, 1.54) is 0 Å². The van der Waals surface area contributed by atoms with E-state index in [2.05, 4.69) is 5.32 Å². The van der Waals surface area contributed by atoms with E-state index in [0.717, 1.165) is 5.56 Å². The second-order valence-electron chi connectivity index (χ2n) is 4.86. The molecule has 18 heavy (non-hydrogen) atoms. The van der Waals surface area contributed by atoms with E-state index in [9.17, 15) is 4.79 Å². The molecule has 1 aliphatic rings. The van der Waals surface area contributed by atoms with Gasteiger partial charge in [-0.2, -0.15) is 0 Å². The van der Waals surface area contributed by atoms with Gasteiger partial charge in [-0.25, -0.2) is 0 Å². The summed E-state index contributed by atoms with van der Waals surface area (Å²) >= 11 is 0. The Kier molecular flexibility index (Phi) is 3.17. The van der Waals surface area contributed by atoms with Gasteiger partial charge in [0, 0.05) is 6.04 Å². The Bertz CT molecular complexity index is 473. The van der Waals surface area contributed by atoms with Gasteiger partial charge in [0.1, 0.15) is 5.54 Å². The van der Waals surface area contributed by atoms with Crippen molar-refractivity contribution in [2.45, 2.75) is 32.4 Å². The monoisotopic (exact) mass is 250 g/mol. The Morgan fingerprint density at radius 3 is 2.67 bits per heavy atom. The number of benzene rings is 1. The second-order valence-corrected chi connectivity index (χ2v) is 4.86. The third kappa shape index (κ3) is 2.13. The smallest absolute Gasteiger partial charge is 0.242 e. The molecular weight excluding hydrogens is 232 g/mol. The summed E-state index contributed by atoms with van der Waals surface area (Å²) in [5.41, 5.74) is 5.37. The van der Waals surface area contributed by atoms with E-state index in [4.69, 9.17) is 15.2 Å². The molecule has 0 saturated carbocycles. The molecule has 5 heteroatoms. The van der Waals surface area contributed by atoms with Crippen molar-refractivity contribution >= 4 is 5.91 Å². The van der Waals surface area contributed by atoms with Crippen LogP contribution in [0.3, 0.4) is 0 Å². The van der Waals surface area contributed by atoms with Gasteiger partial charge >= 0.3 is 0 Å². The highest BCUT2D eigenvalue weighted by Crippen LogP contribution is 2.35. The van der Waals surface area contributed by atoms with Crippen LogP contribution in [0.4, 0.5) is 0 Å². The molecular formula is C13H18N2O3. The topological polar surface area (TPSA) is 73.6 Å². The van der Waals surface area contributed by atoms with Gasteiger partial charge in [-0.15, -0.1) is 0 Å². The Balaban J connectivity index is 2.40. The summed E-state index contributed by atoms with van der Waals surface area (Å²) in [6.45, 7) is 5.92. The van der Waals surface area contributed by atoms with Gasteiger partial charge in [0.05, 0.1) is 0 Å². The van der Waals surface area contributed by atoms with E-state index < -0.39 is 11.4 Å². The molecule has 0 saturated heterocycles. The molecule has 0 radical (unpaired) electrons. The molecule has 0 spiro atoms. The summed E-state index contributed by atoms with van der Waals surface area (Å²) in [5, 5.41) is 3.19. The van der Waals surface area contributed by atoms with Crippen molar-refractivity contribution in [1.29, 1.82) is 0 Å². The summed E-state index contributed by atoms with van der Waals surface area (Å²) in [5.74, 6) is 0.913. The van der Waals surface area contributed by atoms with Crippen LogP contribution in [0.15, 0.2) is 18.2 Å². The first-order chi connectivity index (χ1) is 8.43. The zero-order valence-corrected chi connectivity index (χ0v) is 10.8. The van der Waals surface area contributed by atoms with Crippen LogP contribution >= 0.6 is 0 Å². The first-order valence-electron chi connectivity index (χ1n) is 5.91. The van der Waals surface area contributed by atoms with Crippen molar-refractivity contribution in [3.8, 4) is 11.5 Å². The molecule has 1 atom stereocenters. The van der Waals surface area contributed by atoms with Crippen LogP contribution in [0.2, 0.25) is 0 Å². The summed E-state index contributed by atoms with van der Waals surface area (Å²) in [7, 11) is 0. The minimum absolute atomic E-state index is 0.132. The lowest BCUT2D eigenvalue weighted by atomic mass is 9.90. The Labute approximate surface area is 106 Å². The van der Waals surface area contributed by atoms with Crippen LogP contribution in [0.5, 0.6) is 11.5 Å². The molecule has 1 heterocycles. The normalized spacial score (nSPS) is 16.7. The Morgan fingerprint density at radius 2 is 2.06 bits per heavy atom. The van der Waals surface area contributed by atoms with E-state index in [0.29, 0.717) is 11.5 Å². The zero-order valence-electron chi connectivity index (χ0n) is 10.8. The summed E-state index contributed by atoms with van der Waals surface area (Å²) in [6, 6.07) is 5.55. The molecule has 1 amide bonds. The lowest BCUT2D eigenvalue weighted by Gasteiger charge is -2.30. The first-order valence-corrected chi connectivity index (χ1v) is 5.91. The molecule has 2 rings (SSSR count). The van der Waals surface area contributed by atoms with Crippen molar-refractivity contribution in [3.63, 3.8) is 0 Å². The summed E-state index contributed by atoms with van der Waals surface area (Å²) in [4.78, 5) is 11.7. The number of hydrogen-bond donors (Lipinski definition) is 2. The van der Waals surface area contributed by atoms with Crippen LogP contribution in [-0.2, 0) is 10.3 Å². The SMILES string of the molecule is CC(C)NC(C)(C(N)=O)c1ccc2c(c1)OCO2. The number of carbonyl (C=O) groups is 1. The fraction of sp³-hybridized carbons (Fsp3) is 0.462. The number of nitrogens with two attached hydrogens (primary N) is 1. The van der Waals surface area contributed by atoms with Crippen molar-refractivity contribution in [2.75, 3.05) is 6.79 Å². The highest BCUT2D eigenvalue weighted by molar-refractivity contribution is 5.86. The molecule has 5 nitrogen and oxygen atoms in total. The van der Waals surface area contributed by atoms with Crippen molar-refractivity contribution in [2.24, 2.45) is 5.73 Å². The highest BCUT2D eigenvalue weighted by Gasteiger charge is 2.34. The quantitative estimate of drug-likeness (QED) is 0.839. The predicted molar refractivity (Wildman–Crippen MR) is 67.4 cm³/mol. The average Bonchev–Trinajstić information content (AvgIpc) is 2.74. The first kappa shape index (κ1) is 12.7. The molecule has 1 unspecified atom stereocenters. The number of rotatable bonds is 4. The standard InChI is InChI=1S/C13H18N2O3/c1-8(2)15-13(3,12(14)16)9-4-5-10-11(6-9)18-7-17-10/h4-6,8,15H,7H2,1-3H3,(H2,14,16). The van der Waals surface area contributed by atoms with Gasteiger partial charge in [0.15, 0.2) is 11.5 Å². The molecule has 0 bridgehead atoms. The van der Waals surface area contributed by atoms with E-state index in [1.807, 2.05) is 19.9 Å². The number of primary amides is 1. The number of fused-ring (bicyclic) bond motifs is 1. The zero-order chi connectivity index (χ0) is 13.3. The molecule has 0 aliphatic carbocycles. The Hall–Kier alpha value is -1.75. The minimum atomic E-state index is -0.921. The van der Waals surface area contributed by atoms with Crippen molar-refractivity contribution < 1.29 is 14.3 Å². The summed E-state index contributed by atoms with van der Waals surface area (Å²) in [6.07, 6.45) is 0. The molecule has 0 aromatic heterocycles. The predicted octanol–water partition coefficient (Wildman–Crippen LogP) is 1.11. The van der Waals surface area contributed by atoms with Crippen LogP contribution in [0.25, 0.3) is 0 Å². The van der Waals surface area contributed by atoms with Gasteiger partial charge < -0.3 is 15.2 Å². The second kappa shape index (κ2) is 4.49. The Morgan fingerprint density at radius 1 is 1.39 bits per heavy atom. The molecule has 0 fully saturated rings. The highest BCUT2D eigenvalue weighted by atomic mass is 16.7. The largest absolute Gasteiger partial charge is 0.454 e. The van der Waals surface area contributed by atoms with E-state index in [-0.39, 0.29) is 12.8 Å². The van der Waals surface area contributed by atoms with Crippen LogP contribution in [-0.4, -0.2) is 18.7 Å². The van der Waals surface area contributed by atoms with Gasteiger partial charge in [-0.1, -0.05) is 6.07 Å². The van der Waals surface area contributed by atoms with Crippen LogP contribution in [0.1, 0.15) is 26.3 Å². The fourth-order valence-corrected chi connectivity index (χ4v) is 2.08. The summed E-state index contributed by atoms with van der Waals surface area (Å²) < 4.78 is 10.6. The maximum atomic E-state index is 11.7. The number of nitrogens with one attached hydrogen (secondary N) is 1. The lowest BCUT2D eigenvalue weighted by molar-refractivity contribution is -0.124. The molecule has 1 aromatic rings. The number of amides is 1. The van der Waals surface area contributed by atoms with Gasteiger partial charge in [-0.05, 0) is 38.5 Å². The third-order valence-electron chi connectivity index (χ3n) is 3.02. The number of ether oxygens (including phenoxy) is 2.